The number of ether oxygens (including phenoxy) is 1. The highest BCUT2D eigenvalue weighted by molar-refractivity contribution is 5.91. The van der Waals surface area contributed by atoms with Crippen LogP contribution in [-0.2, 0) is 25.7 Å². The zero-order chi connectivity index (χ0) is 27.0. The fraction of sp³-hybridized carbons (Fsp3) is 0.310. The van der Waals surface area contributed by atoms with Crippen molar-refractivity contribution in [2.75, 3.05) is 7.05 Å². The SMILES string of the molecule is CNC(=O)C(NC(=O)C(CC(=O)OCc1ccccc1)n1ccc(-c2ccc(C#N)cc2)c1)C(C)(C)C. The Kier molecular flexibility index (Phi) is 8.86. The van der Waals surface area contributed by atoms with E-state index in [1.807, 2.05) is 69.3 Å². The summed E-state index contributed by atoms with van der Waals surface area (Å²) in [5.74, 6) is -1.33. The third kappa shape index (κ3) is 7.31. The summed E-state index contributed by atoms with van der Waals surface area (Å²) in [4.78, 5) is 38.8. The summed E-state index contributed by atoms with van der Waals surface area (Å²) in [5.41, 5.74) is 2.51. The number of hydrogen-bond acceptors (Lipinski definition) is 5. The molecule has 192 valence electrons. The molecule has 3 rings (SSSR count). The van der Waals surface area contributed by atoms with Gasteiger partial charge in [0.1, 0.15) is 18.7 Å². The smallest absolute Gasteiger partial charge is 0.308 e. The van der Waals surface area contributed by atoms with Crippen molar-refractivity contribution in [1.29, 1.82) is 5.26 Å². The molecule has 2 aromatic carbocycles. The van der Waals surface area contributed by atoms with Gasteiger partial charge in [-0.1, -0.05) is 63.2 Å². The van der Waals surface area contributed by atoms with E-state index in [9.17, 15) is 14.4 Å². The van der Waals surface area contributed by atoms with E-state index in [4.69, 9.17) is 10.00 Å². The molecule has 1 heterocycles. The quantitative estimate of drug-likeness (QED) is 0.432. The minimum absolute atomic E-state index is 0.0963. The van der Waals surface area contributed by atoms with E-state index in [-0.39, 0.29) is 18.9 Å². The Bertz CT molecular complexity index is 1270. The van der Waals surface area contributed by atoms with Crippen molar-refractivity contribution in [3.05, 3.63) is 84.2 Å². The molecular weight excluding hydrogens is 468 g/mol. The molecule has 0 spiro atoms. The predicted octanol–water partition coefficient (Wildman–Crippen LogP) is 3.98. The number of carbonyl (C=O) groups is 3. The highest BCUT2D eigenvalue weighted by Gasteiger charge is 2.35. The monoisotopic (exact) mass is 500 g/mol. The molecule has 37 heavy (non-hydrogen) atoms. The van der Waals surface area contributed by atoms with Gasteiger partial charge in [0.05, 0.1) is 18.1 Å². The number of nitrogens with one attached hydrogen (secondary N) is 2. The lowest BCUT2D eigenvalue weighted by molar-refractivity contribution is -0.148. The Hall–Kier alpha value is -4.38. The Morgan fingerprint density at radius 2 is 1.65 bits per heavy atom. The maximum atomic E-state index is 13.5. The van der Waals surface area contributed by atoms with Crippen LogP contribution in [0.3, 0.4) is 0 Å². The van der Waals surface area contributed by atoms with E-state index in [0.717, 1.165) is 16.7 Å². The van der Waals surface area contributed by atoms with Crippen LogP contribution in [0, 0.1) is 16.7 Å². The van der Waals surface area contributed by atoms with Crippen LogP contribution in [0.25, 0.3) is 11.1 Å². The molecule has 8 nitrogen and oxygen atoms in total. The molecule has 0 saturated heterocycles. The molecule has 0 radical (unpaired) electrons. The van der Waals surface area contributed by atoms with Crippen molar-refractivity contribution in [3.8, 4) is 17.2 Å². The van der Waals surface area contributed by atoms with Gasteiger partial charge in [0.2, 0.25) is 11.8 Å². The highest BCUT2D eigenvalue weighted by atomic mass is 16.5. The summed E-state index contributed by atoms with van der Waals surface area (Å²) >= 11 is 0. The van der Waals surface area contributed by atoms with Crippen molar-refractivity contribution in [1.82, 2.24) is 15.2 Å². The molecule has 3 aromatic rings. The van der Waals surface area contributed by atoms with Crippen LogP contribution < -0.4 is 10.6 Å². The van der Waals surface area contributed by atoms with E-state index < -0.39 is 29.4 Å². The van der Waals surface area contributed by atoms with Crippen molar-refractivity contribution in [2.45, 2.75) is 45.9 Å². The number of carbonyl (C=O) groups excluding carboxylic acids is 3. The molecule has 0 aliphatic carbocycles. The standard InChI is InChI=1S/C29H32N4O4/c1-29(2,3)26(28(36)31-4)32-27(35)24(16-25(34)37-19-21-8-6-5-7-9-21)33-15-14-23(18-33)22-12-10-20(17-30)11-13-22/h5-15,18,24,26H,16,19H2,1-4H3,(H,31,36)(H,32,35). The van der Waals surface area contributed by atoms with Crippen LogP contribution in [-0.4, -0.2) is 35.4 Å². The van der Waals surface area contributed by atoms with Crippen LogP contribution in [0.2, 0.25) is 0 Å². The van der Waals surface area contributed by atoms with E-state index in [0.29, 0.717) is 5.56 Å². The van der Waals surface area contributed by atoms with E-state index >= 15 is 0 Å². The van der Waals surface area contributed by atoms with Crippen LogP contribution in [0.1, 0.15) is 44.4 Å². The zero-order valence-electron chi connectivity index (χ0n) is 21.5. The second kappa shape index (κ2) is 12.0. The van der Waals surface area contributed by atoms with Crippen LogP contribution in [0.15, 0.2) is 73.1 Å². The highest BCUT2D eigenvalue weighted by Crippen LogP contribution is 2.25. The lowest BCUT2D eigenvalue weighted by atomic mass is 9.86. The molecule has 0 aliphatic rings. The van der Waals surface area contributed by atoms with Gasteiger partial charge in [-0.2, -0.15) is 5.26 Å². The Morgan fingerprint density at radius 1 is 0.973 bits per heavy atom. The van der Waals surface area contributed by atoms with Gasteiger partial charge in [-0.05, 0) is 40.3 Å². The molecule has 2 amide bonds. The number of aromatic nitrogens is 1. The second-order valence-electron chi connectivity index (χ2n) is 9.82. The minimum Gasteiger partial charge on any atom is -0.461 e. The van der Waals surface area contributed by atoms with Crippen molar-refractivity contribution in [2.24, 2.45) is 5.41 Å². The molecule has 0 saturated carbocycles. The summed E-state index contributed by atoms with van der Waals surface area (Å²) < 4.78 is 7.09. The first kappa shape index (κ1) is 27.2. The largest absolute Gasteiger partial charge is 0.461 e. The Labute approximate surface area is 217 Å². The molecule has 1 aromatic heterocycles. The van der Waals surface area contributed by atoms with Gasteiger partial charge < -0.3 is 19.9 Å². The minimum atomic E-state index is -0.940. The van der Waals surface area contributed by atoms with Gasteiger partial charge in [-0.15, -0.1) is 0 Å². The maximum Gasteiger partial charge on any atom is 0.308 e. The van der Waals surface area contributed by atoms with E-state index in [1.54, 1.807) is 29.1 Å². The molecule has 2 unspecified atom stereocenters. The van der Waals surface area contributed by atoms with Crippen molar-refractivity contribution < 1.29 is 19.1 Å². The number of rotatable bonds is 9. The number of amides is 2. The third-order valence-corrected chi connectivity index (χ3v) is 5.99. The third-order valence-electron chi connectivity index (χ3n) is 5.99. The molecule has 8 heteroatoms. The topological polar surface area (TPSA) is 113 Å². The molecule has 2 atom stereocenters. The first-order chi connectivity index (χ1) is 17.6. The molecule has 2 N–H and O–H groups in total. The summed E-state index contributed by atoms with van der Waals surface area (Å²) in [5, 5.41) is 14.5. The fourth-order valence-electron chi connectivity index (χ4n) is 3.86. The van der Waals surface area contributed by atoms with Crippen molar-refractivity contribution in [3.63, 3.8) is 0 Å². The molecular formula is C29H32N4O4. The van der Waals surface area contributed by atoms with Crippen LogP contribution in [0.5, 0.6) is 0 Å². The number of likely N-dealkylation sites (N-methyl/N-ethyl adjacent to an activating group) is 1. The first-order valence-electron chi connectivity index (χ1n) is 12.0. The Balaban J connectivity index is 1.85. The summed E-state index contributed by atoms with van der Waals surface area (Å²) in [6.07, 6.45) is 3.26. The van der Waals surface area contributed by atoms with E-state index in [1.165, 1.54) is 7.05 Å². The van der Waals surface area contributed by atoms with Gasteiger partial charge in [0.25, 0.3) is 0 Å². The van der Waals surface area contributed by atoms with Gasteiger partial charge >= 0.3 is 5.97 Å². The van der Waals surface area contributed by atoms with Gasteiger partial charge in [-0.3, -0.25) is 14.4 Å². The van der Waals surface area contributed by atoms with Crippen LogP contribution in [0.4, 0.5) is 0 Å². The van der Waals surface area contributed by atoms with Crippen LogP contribution >= 0.6 is 0 Å². The zero-order valence-corrected chi connectivity index (χ0v) is 21.5. The van der Waals surface area contributed by atoms with Gasteiger partial charge in [-0.25, -0.2) is 0 Å². The summed E-state index contributed by atoms with van der Waals surface area (Å²) in [7, 11) is 1.52. The number of benzene rings is 2. The predicted molar refractivity (Wildman–Crippen MR) is 140 cm³/mol. The number of hydrogen-bond donors (Lipinski definition) is 2. The second-order valence-corrected chi connectivity index (χ2v) is 9.82. The summed E-state index contributed by atoms with van der Waals surface area (Å²) in [6.45, 7) is 5.66. The average Bonchev–Trinajstić information content (AvgIpc) is 3.38. The lowest BCUT2D eigenvalue weighted by Crippen LogP contribution is -2.54. The van der Waals surface area contributed by atoms with Gasteiger partial charge in [0.15, 0.2) is 0 Å². The number of nitriles is 1. The molecule has 0 bridgehead atoms. The lowest BCUT2D eigenvalue weighted by Gasteiger charge is -2.31. The molecule has 0 aliphatic heterocycles. The fourth-order valence-corrected chi connectivity index (χ4v) is 3.86. The normalized spacial score (nSPS) is 12.6. The number of esters is 1. The average molecular weight is 501 g/mol. The van der Waals surface area contributed by atoms with Gasteiger partial charge in [0, 0.05) is 19.4 Å². The Morgan fingerprint density at radius 3 is 2.24 bits per heavy atom. The maximum absolute atomic E-state index is 13.5. The first-order valence-corrected chi connectivity index (χ1v) is 12.0. The van der Waals surface area contributed by atoms with E-state index in [2.05, 4.69) is 16.7 Å². The molecule has 0 fully saturated rings. The van der Waals surface area contributed by atoms with Crippen molar-refractivity contribution >= 4 is 17.8 Å². The number of nitrogens with zero attached hydrogens (tertiary/aromatic N) is 2. The summed E-state index contributed by atoms with van der Waals surface area (Å²) in [6, 6.07) is 18.5.